The second kappa shape index (κ2) is 6.91. The van der Waals surface area contributed by atoms with Gasteiger partial charge in [-0.2, -0.15) is 0 Å². The molecule has 0 heterocycles. The number of sulfonamides is 1. The van der Waals surface area contributed by atoms with Gasteiger partial charge in [0.2, 0.25) is 10.0 Å². The Bertz CT molecular complexity index is 324. The summed E-state index contributed by atoms with van der Waals surface area (Å²) in [6.07, 6.45) is 1.61. The Labute approximate surface area is 91.6 Å². The number of carbonyl (C=O) groups is 1. The van der Waals surface area contributed by atoms with Crippen molar-refractivity contribution < 1.29 is 22.5 Å². The molecular weight excluding hydrogens is 242 g/mol. The predicted molar refractivity (Wildman–Crippen MR) is 57.6 cm³/mol. The molecule has 0 aliphatic heterocycles. The van der Waals surface area contributed by atoms with Crippen LogP contribution in [0.3, 0.4) is 0 Å². The predicted octanol–water partition coefficient (Wildman–Crippen LogP) is -0.851. The van der Waals surface area contributed by atoms with E-state index in [0.717, 1.165) is 0 Å². The molecule has 90 valence electrons. The highest BCUT2D eigenvalue weighted by atomic mass is 32.2. The second-order valence-corrected chi connectivity index (χ2v) is 6.47. The van der Waals surface area contributed by atoms with Gasteiger partial charge in [-0.15, -0.1) is 0 Å². The van der Waals surface area contributed by atoms with Gasteiger partial charge in [0.25, 0.3) is 0 Å². The normalized spacial score (nSPS) is 13.7. The standard InChI is InChI=1S/C7H15NO5S2/c1-14(11)5-2-4-8-15(12,13)6-3-7(9)10/h8H,2-6H2,1H3,(H,9,10). The summed E-state index contributed by atoms with van der Waals surface area (Å²) in [7, 11) is -4.44. The van der Waals surface area contributed by atoms with E-state index in [1.807, 2.05) is 0 Å². The van der Waals surface area contributed by atoms with Crippen LogP contribution in [0.1, 0.15) is 12.8 Å². The number of rotatable bonds is 8. The molecule has 15 heavy (non-hydrogen) atoms. The maximum absolute atomic E-state index is 11.1. The molecule has 0 spiro atoms. The minimum Gasteiger partial charge on any atom is -0.481 e. The average Bonchev–Trinajstić information content (AvgIpc) is 2.09. The maximum Gasteiger partial charge on any atom is 0.304 e. The number of nitrogens with one attached hydrogen (secondary N) is 1. The third-order valence-electron chi connectivity index (χ3n) is 1.52. The van der Waals surface area contributed by atoms with E-state index in [1.165, 1.54) is 0 Å². The van der Waals surface area contributed by atoms with Gasteiger partial charge in [0, 0.05) is 29.4 Å². The molecule has 6 nitrogen and oxygen atoms in total. The number of carboxylic acid groups (broad SMARTS) is 1. The first-order valence-electron chi connectivity index (χ1n) is 4.32. The number of hydrogen-bond acceptors (Lipinski definition) is 4. The fourth-order valence-corrected chi connectivity index (χ4v) is 2.39. The fraction of sp³-hybridized carbons (Fsp3) is 0.857. The van der Waals surface area contributed by atoms with Crippen LogP contribution in [-0.2, 0) is 25.6 Å². The van der Waals surface area contributed by atoms with Gasteiger partial charge < -0.3 is 5.11 Å². The summed E-state index contributed by atoms with van der Waals surface area (Å²) in [5.41, 5.74) is 0. The van der Waals surface area contributed by atoms with E-state index < -0.39 is 39.0 Å². The van der Waals surface area contributed by atoms with E-state index in [0.29, 0.717) is 12.2 Å². The molecule has 0 aliphatic rings. The van der Waals surface area contributed by atoms with Crippen molar-refractivity contribution in [2.75, 3.05) is 24.3 Å². The molecule has 0 fully saturated rings. The lowest BCUT2D eigenvalue weighted by molar-refractivity contribution is -0.136. The number of aliphatic carboxylic acids is 1. The van der Waals surface area contributed by atoms with Crippen LogP contribution in [-0.4, -0.2) is 48.0 Å². The Morgan fingerprint density at radius 2 is 2.07 bits per heavy atom. The Kier molecular flexibility index (Phi) is 6.70. The van der Waals surface area contributed by atoms with Crippen LogP contribution in [0.4, 0.5) is 0 Å². The van der Waals surface area contributed by atoms with Crippen molar-refractivity contribution >= 4 is 26.8 Å². The third-order valence-corrected chi connectivity index (χ3v) is 3.76. The Hall–Kier alpha value is -0.470. The molecule has 0 aromatic heterocycles. The monoisotopic (exact) mass is 257 g/mol. The van der Waals surface area contributed by atoms with Gasteiger partial charge in [0.05, 0.1) is 12.2 Å². The zero-order chi connectivity index (χ0) is 11.9. The van der Waals surface area contributed by atoms with Crippen molar-refractivity contribution in [3.63, 3.8) is 0 Å². The molecule has 1 unspecified atom stereocenters. The van der Waals surface area contributed by atoms with Crippen molar-refractivity contribution in [1.29, 1.82) is 0 Å². The molecule has 0 aromatic rings. The lowest BCUT2D eigenvalue weighted by Crippen LogP contribution is -2.29. The zero-order valence-electron chi connectivity index (χ0n) is 8.43. The van der Waals surface area contributed by atoms with Gasteiger partial charge in [-0.25, -0.2) is 13.1 Å². The van der Waals surface area contributed by atoms with Crippen LogP contribution in [0.15, 0.2) is 0 Å². The van der Waals surface area contributed by atoms with E-state index >= 15 is 0 Å². The highest BCUT2D eigenvalue weighted by molar-refractivity contribution is 7.89. The minimum atomic E-state index is -3.50. The van der Waals surface area contributed by atoms with E-state index in [9.17, 15) is 17.4 Å². The molecule has 0 amide bonds. The topological polar surface area (TPSA) is 101 Å². The van der Waals surface area contributed by atoms with Crippen LogP contribution < -0.4 is 4.72 Å². The molecule has 0 saturated heterocycles. The largest absolute Gasteiger partial charge is 0.481 e. The number of carboxylic acids is 1. The van der Waals surface area contributed by atoms with Crippen molar-refractivity contribution in [3.05, 3.63) is 0 Å². The highest BCUT2D eigenvalue weighted by Gasteiger charge is 2.11. The smallest absolute Gasteiger partial charge is 0.304 e. The van der Waals surface area contributed by atoms with E-state index in [4.69, 9.17) is 5.11 Å². The first-order chi connectivity index (χ1) is 6.83. The average molecular weight is 257 g/mol. The van der Waals surface area contributed by atoms with Gasteiger partial charge in [-0.1, -0.05) is 0 Å². The van der Waals surface area contributed by atoms with Crippen LogP contribution in [0.25, 0.3) is 0 Å². The van der Waals surface area contributed by atoms with Crippen LogP contribution >= 0.6 is 0 Å². The molecular formula is C7H15NO5S2. The number of hydrogen-bond donors (Lipinski definition) is 2. The van der Waals surface area contributed by atoms with Crippen molar-refractivity contribution in [1.82, 2.24) is 4.72 Å². The third kappa shape index (κ3) is 9.83. The lowest BCUT2D eigenvalue weighted by Gasteiger charge is -2.04. The minimum absolute atomic E-state index is 0.196. The Morgan fingerprint density at radius 1 is 1.47 bits per heavy atom. The van der Waals surface area contributed by atoms with Crippen LogP contribution in [0, 0.1) is 0 Å². The summed E-state index contributed by atoms with van der Waals surface area (Å²) in [6.45, 7) is 0.196. The maximum atomic E-state index is 11.1. The summed E-state index contributed by atoms with van der Waals surface area (Å²) in [6, 6.07) is 0. The summed E-state index contributed by atoms with van der Waals surface area (Å²) in [4.78, 5) is 10.1. The van der Waals surface area contributed by atoms with Gasteiger partial charge >= 0.3 is 5.97 Å². The van der Waals surface area contributed by atoms with Crippen molar-refractivity contribution in [2.24, 2.45) is 0 Å². The van der Waals surface area contributed by atoms with Gasteiger partial charge in [-0.05, 0) is 6.42 Å². The van der Waals surface area contributed by atoms with Gasteiger partial charge in [-0.3, -0.25) is 9.00 Å². The summed E-state index contributed by atoms with van der Waals surface area (Å²) >= 11 is 0. The quantitative estimate of drug-likeness (QED) is 0.552. The molecule has 0 radical (unpaired) electrons. The zero-order valence-corrected chi connectivity index (χ0v) is 10.1. The molecule has 2 N–H and O–H groups in total. The second-order valence-electron chi connectivity index (χ2n) is 2.99. The first-order valence-corrected chi connectivity index (χ1v) is 7.70. The molecule has 0 saturated carbocycles. The summed E-state index contributed by atoms with van der Waals surface area (Å²) in [5.74, 6) is -1.13. The molecule has 0 rings (SSSR count). The van der Waals surface area contributed by atoms with E-state index in [2.05, 4.69) is 4.72 Å². The molecule has 0 aliphatic carbocycles. The highest BCUT2D eigenvalue weighted by Crippen LogP contribution is 1.91. The Morgan fingerprint density at radius 3 is 2.53 bits per heavy atom. The van der Waals surface area contributed by atoms with Crippen LogP contribution in [0.5, 0.6) is 0 Å². The molecule has 1 atom stereocenters. The van der Waals surface area contributed by atoms with Gasteiger partial charge in [0.15, 0.2) is 0 Å². The first kappa shape index (κ1) is 14.5. The van der Waals surface area contributed by atoms with Crippen LogP contribution in [0.2, 0.25) is 0 Å². The Balaban J connectivity index is 3.75. The van der Waals surface area contributed by atoms with Crippen molar-refractivity contribution in [2.45, 2.75) is 12.8 Å². The molecule has 8 heteroatoms. The molecule has 0 aromatic carbocycles. The van der Waals surface area contributed by atoms with E-state index in [1.54, 1.807) is 6.26 Å². The summed E-state index contributed by atoms with van der Waals surface area (Å²) < 4.78 is 35.1. The fourth-order valence-electron chi connectivity index (χ4n) is 0.797. The lowest BCUT2D eigenvalue weighted by atomic mass is 10.5. The molecule has 0 bridgehead atoms. The van der Waals surface area contributed by atoms with Gasteiger partial charge in [0.1, 0.15) is 0 Å². The summed E-state index contributed by atoms with van der Waals surface area (Å²) in [5, 5.41) is 8.29. The van der Waals surface area contributed by atoms with E-state index in [-0.39, 0.29) is 6.54 Å². The SMILES string of the molecule is CS(=O)CCCNS(=O)(=O)CCC(=O)O. The van der Waals surface area contributed by atoms with Crippen molar-refractivity contribution in [3.8, 4) is 0 Å².